The second-order valence-electron chi connectivity index (χ2n) is 12.7. The number of amides is 2. The van der Waals surface area contributed by atoms with Gasteiger partial charge in [0.15, 0.2) is 5.13 Å². The van der Waals surface area contributed by atoms with Crippen molar-refractivity contribution in [2.45, 2.75) is 49.3 Å². The van der Waals surface area contributed by atoms with Gasteiger partial charge in [0, 0.05) is 53.9 Å². The smallest absolute Gasteiger partial charge is 0.257 e. The van der Waals surface area contributed by atoms with Crippen molar-refractivity contribution in [2.75, 3.05) is 36.8 Å². The number of rotatable bonds is 9. The van der Waals surface area contributed by atoms with Crippen LogP contribution >= 0.6 is 11.3 Å². The lowest BCUT2D eigenvalue weighted by Crippen LogP contribution is -2.37. The number of carbonyl (C=O) groups is 2. The summed E-state index contributed by atoms with van der Waals surface area (Å²) < 4.78 is 55.1. The minimum absolute atomic E-state index is 0.168. The zero-order chi connectivity index (χ0) is 34.8. The molecule has 4 aromatic rings. The molecule has 2 amide bonds. The van der Waals surface area contributed by atoms with Crippen LogP contribution in [0.15, 0.2) is 88.0 Å². The van der Waals surface area contributed by atoms with E-state index in [2.05, 4.69) is 29.5 Å². The van der Waals surface area contributed by atoms with Crippen molar-refractivity contribution >= 4 is 54.0 Å². The summed E-state index contributed by atoms with van der Waals surface area (Å²) in [5, 5.41) is 7.80. The summed E-state index contributed by atoms with van der Waals surface area (Å²) >= 11 is 1.26. The molecule has 2 fully saturated rings. The molecule has 2 N–H and O–H groups in total. The van der Waals surface area contributed by atoms with E-state index in [1.807, 2.05) is 0 Å². The summed E-state index contributed by atoms with van der Waals surface area (Å²) in [6.07, 6.45) is 3.34. The van der Waals surface area contributed by atoms with E-state index in [0.29, 0.717) is 65.7 Å². The molecule has 14 heteroatoms. The molecule has 2 aliphatic rings. The van der Waals surface area contributed by atoms with E-state index < -0.39 is 26.0 Å². The number of anilines is 2. The van der Waals surface area contributed by atoms with E-state index in [9.17, 15) is 26.4 Å². The van der Waals surface area contributed by atoms with Crippen LogP contribution in [0.3, 0.4) is 0 Å². The van der Waals surface area contributed by atoms with Crippen molar-refractivity contribution in [3.63, 3.8) is 0 Å². The van der Waals surface area contributed by atoms with Gasteiger partial charge in [-0.05, 0) is 98.2 Å². The van der Waals surface area contributed by atoms with Gasteiger partial charge in [0.05, 0.1) is 15.5 Å². The van der Waals surface area contributed by atoms with Crippen molar-refractivity contribution in [3.8, 4) is 11.3 Å². The Hall–Kier alpha value is -3.95. The van der Waals surface area contributed by atoms with Crippen LogP contribution in [0, 0.1) is 11.8 Å². The van der Waals surface area contributed by atoms with Gasteiger partial charge in [0.25, 0.3) is 11.8 Å². The van der Waals surface area contributed by atoms with Crippen molar-refractivity contribution in [3.05, 3.63) is 89.3 Å². The monoisotopic (exact) mass is 721 g/mol. The summed E-state index contributed by atoms with van der Waals surface area (Å²) in [7, 11) is -7.20. The number of piperidine rings is 2. The molecule has 2 aliphatic heterocycles. The average Bonchev–Trinajstić information content (AvgIpc) is 3.57. The van der Waals surface area contributed by atoms with E-state index in [1.165, 1.54) is 68.5 Å². The zero-order valence-electron chi connectivity index (χ0n) is 27.3. The Morgan fingerprint density at radius 2 is 1.08 bits per heavy atom. The molecule has 0 unspecified atom stereocenters. The Bertz CT molecular complexity index is 2010. The van der Waals surface area contributed by atoms with Gasteiger partial charge in [-0.15, -0.1) is 11.3 Å². The average molecular weight is 722 g/mol. The Kier molecular flexibility index (Phi) is 10.3. The van der Waals surface area contributed by atoms with E-state index >= 15 is 0 Å². The molecule has 11 nitrogen and oxygen atoms in total. The fourth-order valence-corrected chi connectivity index (χ4v) is 9.52. The predicted octanol–water partition coefficient (Wildman–Crippen LogP) is 6.16. The number of sulfonamides is 2. The first kappa shape index (κ1) is 34.9. The molecular formula is C35H39N5O6S3. The van der Waals surface area contributed by atoms with Crippen molar-refractivity contribution in [1.82, 2.24) is 13.6 Å². The first-order chi connectivity index (χ1) is 23.4. The third-order valence-electron chi connectivity index (χ3n) is 9.16. The predicted molar refractivity (Wildman–Crippen MR) is 191 cm³/mol. The number of hydrogen-bond acceptors (Lipinski definition) is 8. The van der Waals surface area contributed by atoms with Crippen LogP contribution in [0.5, 0.6) is 0 Å². The lowest BCUT2D eigenvalue weighted by molar-refractivity contribution is 0.101. The molecular weight excluding hydrogens is 683 g/mol. The van der Waals surface area contributed by atoms with Crippen LogP contribution < -0.4 is 10.6 Å². The number of thiazole rings is 1. The lowest BCUT2D eigenvalue weighted by atomic mass is 10.0. The van der Waals surface area contributed by atoms with Crippen LogP contribution in [0.1, 0.15) is 60.2 Å². The van der Waals surface area contributed by atoms with Gasteiger partial charge in [0.1, 0.15) is 0 Å². The van der Waals surface area contributed by atoms with Gasteiger partial charge in [0.2, 0.25) is 20.0 Å². The Morgan fingerprint density at radius 3 is 1.53 bits per heavy atom. The third kappa shape index (κ3) is 7.94. The maximum Gasteiger partial charge on any atom is 0.257 e. The lowest BCUT2D eigenvalue weighted by Gasteiger charge is -2.29. The summed E-state index contributed by atoms with van der Waals surface area (Å²) in [5.41, 5.74) is 2.62. The van der Waals surface area contributed by atoms with Crippen LogP contribution in [0.25, 0.3) is 11.3 Å². The molecule has 3 aromatic carbocycles. The fraction of sp³-hybridized carbons (Fsp3) is 0.343. The van der Waals surface area contributed by atoms with E-state index in [4.69, 9.17) is 0 Å². The molecule has 0 saturated carbocycles. The van der Waals surface area contributed by atoms with Gasteiger partial charge in [-0.1, -0.05) is 26.0 Å². The van der Waals surface area contributed by atoms with E-state index in [1.54, 1.807) is 29.6 Å². The standard InChI is InChI=1S/C35H39N5O6S3/c1-24-15-19-39(20-16-24)48(43,44)30-11-5-27(6-12-30)33(41)36-29-9-3-26(4-10-29)32-23-47-35(37-32)38-34(42)28-7-13-31(14-8-28)49(45,46)40-21-17-25(2)18-22-40/h3-14,23-25H,15-22H2,1-2H3,(H,36,41)(H,37,38,42). The molecule has 3 heterocycles. The van der Waals surface area contributed by atoms with Crippen molar-refractivity contribution in [2.24, 2.45) is 11.8 Å². The molecule has 1 aromatic heterocycles. The van der Waals surface area contributed by atoms with Crippen molar-refractivity contribution in [1.29, 1.82) is 0 Å². The number of nitrogens with zero attached hydrogens (tertiary/aromatic N) is 3. The van der Waals surface area contributed by atoms with Crippen LogP contribution in [0.4, 0.5) is 10.8 Å². The largest absolute Gasteiger partial charge is 0.322 e. The number of hydrogen-bond donors (Lipinski definition) is 2. The van der Waals surface area contributed by atoms with Gasteiger partial charge in [-0.25, -0.2) is 21.8 Å². The molecule has 6 rings (SSSR count). The van der Waals surface area contributed by atoms with E-state index in [0.717, 1.165) is 31.2 Å². The molecule has 0 atom stereocenters. The second-order valence-corrected chi connectivity index (χ2v) is 17.5. The summed E-state index contributed by atoms with van der Waals surface area (Å²) in [4.78, 5) is 30.6. The normalized spacial score (nSPS) is 17.1. The summed E-state index contributed by atoms with van der Waals surface area (Å²) in [5.74, 6) is 0.255. The number of carbonyl (C=O) groups excluding carboxylic acids is 2. The molecule has 49 heavy (non-hydrogen) atoms. The third-order valence-corrected chi connectivity index (χ3v) is 13.7. The number of aromatic nitrogens is 1. The summed E-state index contributed by atoms with van der Waals surface area (Å²) in [6.45, 7) is 6.25. The maximum atomic E-state index is 13.0. The maximum absolute atomic E-state index is 13.0. The van der Waals surface area contributed by atoms with Gasteiger partial charge < -0.3 is 5.32 Å². The fourth-order valence-electron chi connectivity index (χ4n) is 5.87. The Morgan fingerprint density at radius 1 is 0.653 bits per heavy atom. The molecule has 0 radical (unpaired) electrons. The van der Waals surface area contributed by atoms with E-state index in [-0.39, 0.29) is 15.7 Å². The Labute approximate surface area is 291 Å². The number of benzene rings is 3. The first-order valence-corrected chi connectivity index (χ1v) is 20.1. The SMILES string of the molecule is CC1CCN(S(=O)(=O)c2ccc(C(=O)Nc3ccc(-c4csc(NC(=O)c5ccc(S(=O)(=O)N6CCC(C)CC6)cc5)n4)cc3)cc2)CC1. The highest BCUT2D eigenvalue weighted by atomic mass is 32.2. The highest BCUT2D eigenvalue weighted by Gasteiger charge is 2.29. The van der Waals surface area contributed by atoms with Crippen molar-refractivity contribution < 1.29 is 26.4 Å². The van der Waals surface area contributed by atoms with Gasteiger partial charge in [-0.2, -0.15) is 8.61 Å². The zero-order valence-corrected chi connectivity index (χ0v) is 29.8. The quantitative estimate of drug-likeness (QED) is 0.211. The number of nitrogens with one attached hydrogen (secondary N) is 2. The molecule has 0 aliphatic carbocycles. The minimum Gasteiger partial charge on any atom is -0.322 e. The topological polar surface area (TPSA) is 146 Å². The van der Waals surface area contributed by atoms with Crippen LogP contribution in [0.2, 0.25) is 0 Å². The first-order valence-electron chi connectivity index (χ1n) is 16.3. The molecule has 258 valence electrons. The molecule has 2 saturated heterocycles. The van der Waals surface area contributed by atoms with Gasteiger partial charge in [-0.3, -0.25) is 14.9 Å². The molecule has 0 spiro atoms. The molecule has 0 bridgehead atoms. The highest BCUT2D eigenvalue weighted by molar-refractivity contribution is 7.89. The second kappa shape index (κ2) is 14.5. The van der Waals surface area contributed by atoms with Crippen LogP contribution in [-0.4, -0.2) is 68.4 Å². The Balaban J connectivity index is 1.03. The minimum atomic E-state index is -3.60. The van der Waals surface area contributed by atoms with Crippen LogP contribution in [-0.2, 0) is 20.0 Å². The summed E-state index contributed by atoms with van der Waals surface area (Å²) in [6, 6.07) is 19.0. The highest BCUT2D eigenvalue weighted by Crippen LogP contribution is 2.28. The van der Waals surface area contributed by atoms with Gasteiger partial charge >= 0.3 is 0 Å².